The molecule has 0 aliphatic carbocycles. The number of non-ortho nitro benzene ring substituents is 1. The molecule has 0 unspecified atom stereocenters. The lowest BCUT2D eigenvalue weighted by atomic mass is 10.0. The van der Waals surface area contributed by atoms with Gasteiger partial charge < -0.3 is 10.0 Å². The molecule has 1 aromatic rings. The van der Waals surface area contributed by atoms with Crippen LogP contribution in [0.4, 0.5) is 20.6 Å². The van der Waals surface area contributed by atoms with E-state index in [1.54, 1.807) is 20.8 Å². The average molecular weight is 339 g/mol. The van der Waals surface area contributed by atoms with E-state index in [-0.39, 0.29) is 18.7 Å². The lowest BCUT2D eigenvalue weighted by Crippen LogP contribution is -2.54. The van der Waals surface area contributed by atoms with Crippen LogP contribution in [0, 0.1) is 15.9 Å². The maximum atomic E-state index is 14.1. The second kappa shape index (κ2) is 6.06. The third-order valence-electron chi connectivity index (χ3n) is 3.85. The Balaban J connectivity index is 2.32. The first kappa shape index (κ1) is 17.6. The number of amides is 2. The largest absolute Gasteiger partial charge is 0.465 e. The van der Waals surface area contributed by atoms with Gasteiger partial charge in [0, 0.05) is 18.2 Å². The van der Waals surface area contributed by atoms with Gasteiger partial charge in [-0.05, 0) is 33.3 Å². The maximum absolute atomic E-state index is 14.1. The van der Waals surface area contributed by atoms with Crippen molar-refractivity contribution in [2.45, 2.75) is 38.8 Å². The lowest BCUT2D eigenvalue weighted by molar-refractivity contribution is -0.385. The van der Waals surface area contributed by atoms with Crippen LogP contribution in [0.25, 0.3) is 0 Å². The summed E-state index contributed by atoms with van der Waals surface area (Å²) in [6.45, 7) is 5.15. The number of anilines is 1. The Labute approximate surface area is 137 Å². The number of carbonyl (C=O) groups excluding carboxylic acids is 1. The molecule has 24 heavy (non-hydrogen) atoms. The number of carboxylic acid groups (broad SMARTS) is 1. The van der Waals surface area contributed by atoms with Crippen LogP contribution < -0.4 is 4.90 Å². The van der Waals surface area contributed by atoms with Crippen molar-refractivity contribution >= 4 is 23.4 Å². The predicted molar refractivity (Wildman–Crippen MR) is 83.4 cm³/mol. The highest BCUT2D eigenvalue weighted by Crippen LogP contribution is 2.31. The molecule has 1 aromatic carbocycles. The molecule has 0 radical (unpaired) electrons. The molecular weight excluding hydrogens is 321 g/mol. The minimum absolute atomic E-state index is 0.0904. The van der Waals surface area contributed by atoms with Gasteiger partial charge in [-0.3, -0.25) is 19.8 Å². The Morgan fingerprint density at radius 2 is 2.08 bits per heavy atom. The third kappa shape index (κ3) is 3.15. The molecule has 1 saturated heterocycles. The molecule has 2 rings (SSSR count). The van der Waals surface area contributed by atoms with Gasteiger partial charge >= 0.3 is 6.09 Å². The molecule has 1 fully saturated rings. The molecule has 2 amide bonds. The summed E-state index contributed by atoms with van der Waals surface area (Å²) in [5, 5.41) is 20.1. The summed E-state index contributed by atoms with van der Waals surface area (Å²) < 4.78 is 14.1. The third-order valence-corrected chi connectivity index (χ3v) is 3.85. The molecule has 8 nitrogen and oxygen atoms in total. The summed E-state index contributed by atoms with van der Waals surface area (Å²) in [5.41, 5.74) is -1.30. The number of nitrogens with zero attached hydrogens (tertiary/aromatic N) is 3. The van der Waals surface area contributed by atoms with Crippen LogP contribution in [0.1, 0.15) is 27.2 Å². The summed E-state index contributed by atoms with van der Waals surface area (Å²) in [4.78, 5) is 36.2. The van der Waals surface area contributed by atoms with Crippen LogP contribution in [0.3, 0.4) is 0 Å². The Kier molecular flexibility index (Phi) is 4.46. The summed E-state index contributed by atoms with van der Waals surface area (Å²) in [7, 11) is 0. The minimum atomic E-state index is -1.23. The van der Waals surface area contributed by atoms with E-state index in [1.165, 1.54) is 0 Å². The fourth-order valence-electron chi connectivity index (χ4n) is 2.86. The number of hydrogen-bond acceptors (Lipinski definition) is 4. The topological polar surface area (TPSA) is 104 Å². The van der Waals surface area contributed by atoms with Gasteiger partial charge in [0.25, 0.3) is 5.69 Å². The van der Waals surface area contributed by atoms with Gasteiger partial charge in [0.15, 0.2) is 5.82 Å². The zero-order chi connectivity index (χ0) is 18.2. The fourth-order valence-corrected chi connectivity index (χ4v) is 2.86. The second-order valence-corrected chi connectivity index (χ2v) is 6.51. The van der Waals surface area contributed by atoms with Gasteiger partial charge in [-0.1, -0.05) is 0 Å². The van der Waals surface area contributed by atoms with Crippen molar-refractivity contribution in [1.29, 1.82) is 0 Å². The smallest absolute Gasteiger partial charge is 0.408 e. The number of carbonyl (C=O) groups is 2. The van der Waals surface area contributed by atoms with Crippen LogP contribution >= 0.6 is 0 Å². The van der Waals surface area contributed by atoms with E-state index in [0.29, 0.717) is 0 Å². The van der Waals surface area contributed by atoms with Gasteiger partial charge in [0.1, 0.15) is 6.04 Å². The molecule has 0 bridgehead atoms. The highest BCUT2D eigenvalue weighted by Gasteiger charge is 2.44. The van der Waals surface area contributed by atoms with Crippen molar-refractivity contribution in [3.8, 4) is 0 Å². The average Bonchev–Trinajstić information content (AvgIpc) is 2.78. The first-order valence-electron chi connectivity index (χ1n) is 7.31. The van der Waals surface area contributed by atoms with E-state index < -0.39 is 40.0 Å². The van der Waals surface area contributed by atoms with Crippen molar-refractivity contribution in [2.75, 3.05) is 11.4 Å². The van der Waals surface area contributed by atoms with E-state index in [2.05, 4.69) is 0 Å². The monoisotopic (exact) mass is 339 g/mol. The molecular formula is C15H18FN3O5. The van der Waals surface area contributed by atoms with Gasteiger partial charge in [0.05, 0.1) is 16.7 Å². The molecule has 1 heterocycles. The van der Waals surface area contributed by atoms with Gasteiger partial charge in [0.2, 0.25) is 5.91 Å². The van der Waals surface area contributed by atoms with Crippen molar-refractivity contribution in [2.24, 2.45) is 0 Å². The van der Waals surface area contributed by atoms with Crippen LogP contribution in [0.2, 0.25) is 0 Å². The number of nitro benzene ring substituents is 1. The summed E-state index contributed by atoms with van der Waals surface area (Å²) >= 11 is 0. The van der Waals surface area contributed by atoms with E-state index in [0.717, 1.165) is 28.0 Å². The van der Waals surface area contributed by atoms with Crippen molar-refractivity contribution in [3.63, 3.8) is 0 Å². The zero-order valence-electron chi connectivity index (χ0n) is 13.5. The molecule has 0 spiro atoms. The Bertz CT molecular complexity index is 701. The first-order chi connectivity index (χ1) is 11.0. The maximum Gasteiger partial charge on any atom is 0.408 e. The summed E-state index contributed by atoms with van der Waals surface area (Å²) in [6.07, 6.45) is -1.01. The Hall–Kier alpha value is -2.71. The van der Waals surface area contributed by atoms with E-state index in [4.69, 9.17) is 0 Å². The van der Waals surface area contributed by atoms with Gasteiger partial charge in [-0.25, -0.2) is 9.18 Å². The number of benzene rings is 1. The molecule has 9 heteroatoms. The van der Waals surface area contributed by atoms with Crippen LogP contribution in [0.15, 0.2) is 18.2 Å². The van der Waals surface area contributed by atoms with Crippen molar-refractivity contribution < 1.29 is 24.0 Å². The first-order valence-corrected chi connectivity index (χ1v) is 7.31. The fraction of sp³-hybridized carbons (Fsp3) is 0.467. The lowest BCUT2D eigenvalue weighted by Gasteiger charge is -2.36. The molecule has 1 aliphatic rings. The van der Waals surface area contributed by atoms with Crippen molar-refractivity contribution in [1.82, 2.24) is 4.90 Å². The zero-order valence-corrected chi connectivity index (χ0v) is 13.5. The van der Waals surface area contributed by atoms with Crippen LogP contribution in [0.5, 0.6) is 0 Å². The molecule has 0 aromatic heterocycles. The number of halogens is 1. The molecule has 1 atom stereocenters. The normalized spacial score (nSPS) is 17.9. The van der Waals surface area contributed by atoms with Crippen LogP contribution in [-0.4, -0.2) is 45.1 Å². The van der Waals surface area contributed by atoms with Gasteiger partial charge in [-0.2, -0.15) is 0 Å². The quantitative estimate of drug-likeness (QED) is 0.673. The minimum Gasteiger partial charge on any atom is -0.465 e. The van der Waals surface area contributed by atoms with E-state index in [9.17, 15) is 29.2 Å². The molecule has 130 valence electrons. The predicted octanol–water partition coefficient (Wildman–Crippen LogP) is 2.62. The SMILES string of the molecule is CC(C)(C)N(C(=O)O)[C@H]1CCN(c2ccc([N+](=O)[O-])cc2F)C1=O. The highest BCUT2D eigenvalue weighted by molar-refractivity contribution is 6.01. The Morgan fingerprint density at radius 1 is 1.46 bits per heavy atom. The van der Waals surface area contributed by atoms with E-state index in [1.807, 2.05) is 0 Å². The highest BCUT2D eigenvalue weighted by atomic mass is 19.1. The molecule has 1 aliphatic heterocycles. The number of hydrogen-bond donors (Lipinski definition) is 1. The van der Waals surface area contributed by atoms with Crippen molar-refractivity contribution in [3.05, 3.63) is 34.1 Å². The van der Waals surface area contributed by atoms with E-state index >= 15 is 0 Å². The standard InChI is InChI=1S/C15H18FN3O5/c1-15(2,3)18(14(21)22)12-6-7-17(13(12)20)11-5-4-9(19(23)24)8-10(11)16/h4-5,8,12H,6-7H2,1-3H3,(H,21,22)/t12-/m0/s1. The second-order valence-electron chi connectivity index (χ2n) is 6.51. The van der Waals surface area contributed by atoms with Gasteiger partial charge in [-0.15, -0.1) is 0 Å². The van der Waals surface area contributed by atoms with Crippen LogP contribution in [-0.2, 0) is 4.79 Å². The summed E-state index contributed by atoms with van der Waals surface area (Å²) in [5.74, 6) is -1.43. The number of rotatable bonds is 3. The Morgan fingerprint density at radius 3 is 2.54 bits per heavy atom. The molecule has 0 saturated carbocycles. The number of nitro groups is 1. The summed E-state index contributed by atoms with van der Waals surface area (Å²) in [6, 6.07) is 2.10. The molecule has 1 N–H and O–H groups in total.